The standard InChI is InChI=1S/C14H21N3O/c1-4-17-13-8-6-5-7-12(13)16-14(17)9-15-18-10-11(2)3/h5-8,11,15H,4,9-10H2,1-3H3. The van der Waals surface area contributed by atoms with Gasteiger partial charge in [0.05, 0.1) is 24.2 Å². The van der Waals surface area contributed by atoms with Gasteiger partial charge in [0.25, 0.3) is 0 Å². The van der Waals surface area contributed by atoms with Gasteiger partial charge in [0.2, 0.25) is 0 Å². The Morgan fingerprint density at radius 3 is 2.83 bits per heavy atom. The minimum absolute atomic E-state index is 0.530. The monoisotopic (exact) mass is 247 g/mol. The van der Waals surface area contributed by atoms with Crippen LogP contribution >= 0.6 is 0 Å². The molecule has 18 heavy (non-hydrogen) atoms. The van der Waals surface area contributed by atoms with Crippen LogP contribution in [0, 0.1) is 5.92 Å². The smallest absolute Gasteiger partial charge is 0.126 e. The number of rotatable bonds is 6. The van der Waals surface area contributed by atoms with Gasteiger partial charge < -0.3 is 9.40 Å². The lowest BCUT2D eigenvalue weighted by molar-refractivity contribution is 0.0180. The lowest BCUT2D eigenvalue weighted by atomic mass is 10.2. The number of hydrogen-bond donors (Lipinski definition) is 1. The Kier molecular flexibility index (Phi) is 4.33. The summed E-state index contributed by atoms with van der Waals surface area (Å²) in [7, 11) is 0. The first-order chi connectivity index (χ1) is 8.72. The van der Waals surface area contributed by atoms with Crippen molar-refractivity contribution >= 4 is 11.0 Å². The summed E-state index contributed by atoms with van der Waals surface area (Å²) in [5.41, 5.74) is 5.21. The van der Waals surface area contributed by atoms with Crippen LogP contribution in [0.15, 0.2) is 24.3 Å². The number of imidazole rings is 1. The molecule has 0 fully saturated rings. The van der Waals surface area contributed by atoms with Crippen molar-refractivity contribution in [1.29, 1.82) is 0 Å². The highest BCUT2D eigenvalue weighted by atomic mass is 16.6. The number of fused-ring (bicyclic) bond motifs is 1. The van der Waals surface area contributed by atoms with E-state index < -0.39 is 0 Å². The summed E-state index contributed by atoms with van der Waals surface area (Å²) in [6.45, 7) is 8.65. The molecule has 1 N–H and O–H groups in total. The highest BCUT2D eigenvalue weighted by Gasteiger charge is 2.08. The van der Waals surface area contributed by atoms with Gasteiger partial charge in [-0.25, -0.2) is 4.98 Å². The van der Waals surface area contributed by atoms with E-state index in [1.54, 1.807) is 0 Å². The van der Waals surface area contributed by atoms with Crippen molar-refractivity contribution in [3.8, 4) is 0 Å². The molecule has 0 saturated carbocycles. The molecule has 0 radical (unpaired) electrons. The summed E-state index contributed by atoms with van der Waals surface area (Å²) in [6, 6.07) is 8.20. The lowest BCUT2D eigenvalue weighted by Crippen LogP contribution is -2.19. The third-order valence-electron chi connectivity index (χ3n) is 2.80. The minimum atomic E-state index is 0.530. The molecule has 0 unspecified atom stereocenters. The predicted molar refractivity (Wildman–Crippen MR) is 73.0 cm³/mol. The van der Waals surface area contributed by atoms with E-state index in [1.165, 1.54) is 5.52 Å². The van der Waals surface area contributed by atoms with Crippen molar-refractivity contribution in [1.82, 2.24) is 15.0 Å². The molecule has 4 nitrogen and oxygen atoms in total. The second-order valence-corrected chi connectivity index (χ2v) is 4.79. The van der Waals surface area contributed by atoms with Crippen molar-refractivity contribution in [2.45, 2.75) is 33.9 Å². The summed E-state index contributed by atoms with van der Waals surface area (Å²) in [5.74, 6) is 1.55. The maximum atomic E-state index is 5.39. The zero-order chi connectivity index (χ0) is 13.0. The van der Waals surface area contributed by atoms with Crippen LogP contribution in [0.1, 0.15) is 26.6 Å². The average Bonchev–Trinajstić information content (AvgIpc) is 2.71. The Labute approximate surface area is 108 Å². The maximum absolute atomic E-state index is 5.39. The van der Waals surface area contributed by atoms with Crippen molar-refractivity contribution in [2.24, 2.45) is 5.92 Å². The largest absolute Gasteiger partial charge is 0.327 e. The number of nitrogens with one attached hydrogen (secondary N) is 1. The predicted octanol–water partition coefficient (Wildman–Crippen LogP) is 2.73. The highest BCUT2D eigenvalue weighted by Crippen LogP contribution is 2.15. The van der Waals surface area contributed by atoms with E-state index in [1.807, 2.05) is 18.2 Å². The fourth-order valence-corrected chi connectivity index (χ4v) is 1.95. The molecule has 98 valence electrons. The number of hydroxylamine groups is 1. The minimum Gasteiger partial charge on any atom is -0.327 e. The molecule has 0 aliphatic rings. The number of para-hydroxylation sites is 2. The van der Waals surface area contributed by atoms with Gasteiger partial charge in [0.15, 0.2) is 0 Å². The number of nitrogens with zero attached hydrogens (tertiary/aromatic N) is 2. The number of hydrogen-bond acceptors (Lipinski definition) is 3. The van der Waals surface area contributed by atoms with Crippen LogP contribution in [-0.2, 0) is 17.9 Å². The van der Waals surface area contributed by atoms with Gasteiger partial charge in [-0.2, -0.15) is 5.48 Å². The molecule has 0 atom stereocenters. The van der Waals surface area contributed by atoms with Gasteiger partial charge in [-0.05, 0) is 25.0 Å². The van der Waals surface area contributed by atoms with Gasteiger partial charge in [0.1, 0.15) is 5.82 Å². The van der Waals surface area contributed by atoms with Crippen molar-refractivity contribution in [2.75, 3.05) is 6.61 Å². The van der Waals surface area contributed by atoms with Crippen molar-refractivity contribution in [3.05, 3.63) is 30.1 Å². The molecule has 0 aliphatic carbocycles. The third kappa shape index (κ3) is 2.89. The van der Waals surface area contributed by atoms with Crippen LogP contribution in [0.25, 0.3) is 11.0 Å². The van der Waals surface area contributed by atoms with Crippen LogP contribution in [-0.4, -0.2) is 16.2 Å². The lowest BCUT2D eigenvalue weighted by Gasteiger charge is -2.09. The maximum Gasteiger partial charge on any atom is 0.126 e. The first kappa shape index (κ1) is 13.1. The van der Waals surface area contributed by atoms with Crippen LogP contribution in [0.5, 0.6) is 0 Å². The number of aromatic nitrogens is 2. The summed E-state index contributed by atoms with van der Waals surface area (Å²) >= 11 is 0. The van der Waals surface area contributed by atoms with E-state index in [-0.39, 0.29) is 0 Å². The van der Waals surface area contributed by atoms with Gasteiger partial charge in [0, 0.05) is 6.54 Å². The van der Waals surface area contributed by atoms with Gasteiger partial charge in [-0.3, -0.25) is 0 Å². The quantitative estimate of drug-likeness (QED) is 0.630. The van der Waals surface area contributed by atoms with Gasteiger partial charge in [-0.15, -0.1) is 0 Å². The van der Waals surface area contributed by atoms with E-state index in [0.29, 0.717) is 19.1 Å². The fraction of sp³-hybridized carbons (Fsp3) is 0.500. The molecular formula is C14H21N3O. The Morgan fingerprint density at radius 1 is 1.33 bits per heavy atom. The zero-order valence-corrected chi connectivity index (χ0v) is 11.3. The van der Waals surface area contributed by atoms with Crippen LogP contribution < -0.4 is 5.48 Å². The second kappa shape index (κ2) is 5.98. The first-order valence-electron chi connectivity index (χ1n) is 6.51. The van der Waals surface area contributed by atoms with Gasteiger partial charge in [-0.1, -0.05) is 26.0 Å². The summed E-state index contributed by atoms with van der Waals surface area (Å²) in [5, 5.41) is 0. The van der Waals surface area contributed by atoms with Gasteiger partial charge >= 0.3 is 0 Å². The van der Waals surface area contributed by atoms with E-state index in [4.69, 9.17) is 4.84 Å². The van der Waals surface area contributed by atoms with Crippen LogP contribution in [0.2, 0.25) is 0 Å². The first-order valence-corrected chi connectivity index (χ1v) is 6.51. The summed E-state index contributed by atoms with van der Waals surface area (Å²) in [6.07, 6.45) is 0. The molecule has 2 rings (SSSR count). The topological polar surface area (TPSA) is 39.1 Å². The van der Waals surface area contributed by atoms with E-state index >= 15 is 0 Å². The number of aryl methyl sites for hydroxylation is 1. The molecule has 0 saturated heterocycles. The Bertz CT molecular complexity index is 505. The molecule has 1 aromatic carbocycles. The van der Waals surface area contributed by atoms with E-state index in [2.05, 4.69) is 41.9 Å². The van der Waals surface area contributed by atoms with Crippen LogP contribution in [0.3, 0.4) is 0 Å². The molecular weight excluding hydrogens is 226 g/mol. The molecule has 1 aromatic heterocycles. The molecule has 0 bridgehead atoms. The highest BCUT2D eigenvalue weighted by molar-refractivity contribution is 5.75. The summed E-state index contributed by atoms with van der Waals surface area (Å²) in [4.78, 5) is 10.0. The van der Waals surface area contributed by atoms with Crippen LogP contribution in [0.4, 0.5) is 0 Å². The summed E-state index contributed by atoms with van der Waals surface area (Å²) < 4.78 is 2.21. The second-order valence-electron chi connectivity index (χ2n) is 4.79. The van der Waals surface area contributed by atoms with E-state index in [9.17, 15) is 0 Å². The molecule has 0 spiro atoms. The Hall–Kier alpha value is -1.39. The number of benzene rings is 1. The molecule has 2 aromatic rings. The SMILES string of the molecule is CCn1c(CNOCC(C)C)nc2ccccc21. The van der Waals surface area contributed by atoms with Crippen molar-refractivity contribution < 1.29 is 4.84 Å². The molecule has 0 aliphatic heterocycles. The Balaban J connectivity index is 2.08. The third-order valence-corrected chi connectivity index (χ3v) is 2.80. The molecule has 1 heterocycles. The van der Waals surface area contributed by atoms with E-state index in [0.717, 1.165) is 17.9 Å². The molecule has 0 amide bonds. The normalized spacial score (nSPS) is 11.6. The fourth-order valence-electron chi connectivity index (χ4n) is 1.95. The zero-order valence-electron chi connectivity index (χ0n) is 11.3. The average molecular weight is 247 g/mol. The van der Waals surface area contributed by atoms with Crippen molar-refractivity contribution in [3.63, 3.8) is 0 Å². The Morgan fingerprint density at radius 2 is 2.11 bits per heavy atom. The molecule has 4 heteroatoms.